The number of halogens is 2. The summed E-state index contributed by atoms with van der Waals surface area (Å²) in [6.07, 6.45) is 2.08. The number of aromatic hydroxyl groups is 1. The van der Waals surface area contributed by atoms with E-state index < -0.39 is 15.6 Å². The number of hydrogen-bond acceptors (Lipinski definition) is 2. The van der Waals surface area contributed by atoms with Gasteiger partial charge >= 0.3 is 0 Å². The van der Waals surface area contributed by atoms with Gasteiger partial charge in [-0.15, -0.1) is 11.8 Å². The molecule has 0 aromatic heterocycles. The van der Waals surface area contributed by atoms with Crippen molar-refractivity contribution >= 4 is 11.8 Å². The van der Waals surface area contributed by atoms with Crippen LogP contribution in [0, 0.1) is 5.82 Å². The minimum absolute atomic E-state index is 0.0855. The fourth-order valence-electron chi connectivity index (χ4n) is 2.45. The normalized spacial score (nSPS) is 33.6. The zero-order chi connectivity index (χ0) is 12.7. The molecule has 0 spiro atoms. The Kier molecular flexibility index (Phi) is 3.10. The fourth-order valence-corrected chi connectivity index (χ4v) is 4.17. The van der Waals surface area contributed by atoms with Gasteiger partial charge in [-0.2, -0.15) is 0 Å². The maximum atomic E-state index is 14.1. The third kappa shape index (κ3) is 2.57. The molecule has 1 aliphatic rings. The van der Waals surface area contributed by atoms with Crippen LogP contribution in [0.2, 0.25) is 0 Å². The third-order valence-corrected chi connectivity index (χ3v) is 4.75. The molecule has 0 radical (unpaired) electrons. The van der Waals surface area contributed by atoms with E-state index in [0.29, 0.717) is 12.0 Å². The first-order chi connectivity index (χ1) is 7.82. The standard InChI is InChI=1S/C13H16F2OS/c1-12(6-3-7-13(2,15)17-12)10-5-4-9(14)8-11(10)16/h4-5,8,16H,3,6-7H2,1-2H3/t12-,13?/m1/s1. The molecule has 0 saturated carbocycles. The Balaban J connectivity index is 2.37. The summed E-state index contributed by atoms with van der Waals surface area (Å²) >= 11 is 1.21. The van der Waals surface area contributed by atoms with Crippen molar-refractivity contribution in [2.75, 3.05) is 0 Å². The molecule has 1 saturated heterocycles. The second kappa shape index (κ2) is 4.16. The van der Waals surface area contributed by atoms with Gasteiger partial charge in [-0.3, -0.25) is 0 Å². The molecule has 1 aromatic carbocycles. The van der Waals surface area contributed by atoms with E-state index in [9.17, 15) is 13.9 Å². The number of thioether (sulfide) groups is 1. The summed E-state index contributed by atoms with van der Waals surface area (Å²) in [6, 6.07) is 3.95. The molecule has 17 heavy (non-hydrogen) atoms. The molecule has 0 amide bonds. The number of benzene rings is 1. The predicted octanol–water partition coefficient (Wildman–Crippen LogP) is 4.35. The van der Waals surface area contributed by atoms with Crippen molar-refractivity contribution < 1.29 is 13.9 Å². The zero-order valence-corrected chi connectivity index (χ0v) is 10.8. The molecule has 1 aromatic rings. The highest BCUT2D eigenvalue weighted by Gasteiger charge is 2.42. The molecule has 1 unspecified atom stereocenters. The van der Waals surface area contributed by atoms with Crippen LogP contribution < -0.4 is 0 Å². The lowest BCUT2D eigenvalue weighted by molar-refractivity contribution is 0.264. The molecular formula is C13H16F2OS. The van der Waals surface area contributed by atoms with Gasteiger partial charge in [-0.25, -0.2) is 8.78 Å². The maximum Gasteiger partial charge on any atom is 0.154 e. The van der Waals surface area contributed by atoms with E-state index in [1.807, 2.05) is 6.92 Å². The molecule has 1 heterocycles. The van der Waals surface area contributed by atoms with Crippen molar-refractivity contribution in [2.24, 2.45) is 0 Å². The van der Waals surface area contributed by atoms with E-state index >= 15 is 0 Å². The minimum Gasteiger partial charge on any atom is -0.508 e. The second-order valence-electron chi connectivity index (χ2n) is 4.95. The predicted molar refractivity (Wildman–Crippen MR) is 66.4 cm³/mol. The molecule has 4 heteroatoms. The summed E-state index contributed by atoms with van der Waals surface area (Å²) in [6.45, 7) is 3.47. The number of alkyl halides is 1. The smallest absolute Gasteiger partial charge is 0.154 e. The van der Waals surface area contributed by atoms with Gasteiger partial charge in [0.25, 0.3) is 0 Å². The highest BCUT2D eigenvalue weighted by molar-refractivity contribution is 8.01. The van der Waals surface area contributed by atoms with Gasteiger partial charge in [-0.1, -0.05) is 6.07 Å². The van der Waals surface area contributed by atoms with Crippen LogP contribution in [-0.2, 0) is 4.75 Å². The largest absolute Gasteiger partial charge is 0.508 e. The molecule has 0 aliphatic carbocycles. The van der Waals surface area contributed by atoms with Crippen LogP contribution >= 0.6 is 11.8 Å². The first-order valence-corrected chi connectivity index (χ1v) is 6.52. The van der Waals surface area contributed by atoms with Crippen molar-refractivity contribution in [2.45, 2.75) is 42.9 Å². The van der Waals surface area contributed by atoms with E-state index in [0.717, 1.165) is 18.9 Å². The van der Waals surface area contributed by atoms with E-state index in [-0.39, 0.29) is 5.75 Å². The Hall–Kier alpha value is -0.770. The zero-order valence-electron chi connectivity index (χ0n) is 9.96. The fraction of sp³-hybridized carbons (Fsp3) is 0.538. The Morgan fingerprint density at radius 1 is 1.29 bits per heavy atom. The molecule has 2 atom stereocenters. The van der Waals surface area contributed by atoms with E-state index in [1.54, 1.807) is 13.0 Å². The van der Waals surface area contributed by atoms with Gasteiger partial charge < -0.3 is 5.11 Å². The van der Waals surface area contributed by atoms with Gasteiger partial charge in [0.1, 0.15) is 11.6 Å². The third-order valence-electron chi connectivity index (χ3n) is 3.24. The highest BCUT2D eigenvalue weighted by atomic mass is 32.2. The van der Waals surface area contributed by atoms with Crippen molar-refractivity contribution in [3.63, 3.8) is 0 Å². The van der Waals surface area contributed by atoms with Gasteiger partial charge in [0.2, 0.25) is 0 Å². The Morgan fingerprint density at radius 2 is 2.00 bits per heavy atom. The summed E-state index contributed by atoms with van der Waals surface area (Å²) in [5.74, 6) is -0.559. The Labute approximate surface area is 104 Å². The summed E-state index contributed by atoms with van der Waals surface area (Å²) in [5, 5.41) is 8.52. The Morgan fingerprint density at radius 3 is 2.59 bits per heavy atom. The average Bonchev–Trinajstić information content (AvgIpc) is 2.14. The van der Waals surface area contributed by atoms with E-state index in [1.165, 1.54) is 17.8 Å². The lowest BCUT2D eigenvalue weighted by atomic mass is 9.92. The molecule has 1 fully saturated rings. The van der Waals surface area contributed by atoms with Crippen LogP contribution in [0.1, 0.15) is 38.7 Å². The quantitative estimate of drug-likeness (QED) is 0.808. The molecule has 94 valence electrons. The number of phenolic OH excluding ortho intramolecular Hbond substituents is 1. The van der Waals surface area contributed by atoms with Crippen LogP contribution in [0.25, 0.3) is 0 Å². The molecule has 2 rings (SSSR count). The molecule has 0 bridgehead atoms. The Bertz CT molecular complexity index is 433. The lowest BCUT2D eigenvalue weighted by Crippen LogP contribution is -2.31. The number of rotatable bonds is 1. The second-order valence-corrected chi connectivity index (χ2v) is 6.91. The summed E-state index contributed by atoms with van der Waals surface area (Å²) in [4.78, 5) is 0. The van der Waals surface area contributed by atoms with Gasteiger partial charge in [0.05, 0.1) is 0 Å². The van der Waals surface area contributed by atoms with Crippen molar-refractivity contribution in [1.82, 2.24) is 0 Å². The van der Waals surface area contributed by atoms with Gasteiger partial charge in [-0.05, 0) is 39.2 Å². The highest BCUT2D eigenvalue weighted by Crippen LogP contribution is 2.55. The average molecular weight is 258 g/mol. The van der Waals surface area contributed by atoms with E-state index in [4.69, 9.17) is 0 Å². The van der Waals surface area contributed by atoms with Crippen LogP contribution in [0.4, 0.5) is 8.78 Å². The monoisotopic (exact) mass is 258 g/mol. The molecular weight excluding hydrogens is 242 g/mol. The topological polar surface area (TPSA) is 20.2 Å². The minimum atomic E-state index is -1.28. The molecule has 1 aliphatic heterocycles. The number of phenols is 1. The first-order valence-electron chi connectivity index (χ1n) is 5.70. The lowest BCUT2D eigenvalue weighted by Gasteiger charge is -2.40. The molecule has 1 nitrogen and oxygen atoms in total. The SMILES string of the molecule is CC1(F)CCC[C@](C)(c2ccc(F)cc2O)S1. The van der Waals surface area contributed by atoms with E-state index in [2.05, 4.69) is 0 Å². The van der Waals surface area contributed by atoms with Gasteiger partial charge in [0.15, 0.2) is 5.00 Å². The molecule has 1 N–H and O–H groups in total. The summed E-state index contributed by atoms with van der Waals surface area (Å²) in [5.41, 5.74) is 0.618. The van der Waals surface area contributed by atoms with Crippen molar-refractivity contribution in [3.05, 3.63) is 29.6 Å². The summed E-state index contributed by atoms with van der Waals surface area (Å²) in [7, 11) is 0. The maximum absolute atomic E-state index is 14.1. The first kappa shape index (κ1) is 12.7. The van der Waals surface area contributed by atoms with Crippen molar-refractivity contribution in [3.8, 4) is 5.75 Å². The van der Waals surface area contributed by atoms with Crippen LogP contribution in [0.5, 0.6) is 5.75 Å². The van der Waals surface area contributed by atoms with Crippen LogP contribution in [0.3, 0.4) is 0 Å². The number of hydrogen-bond donors (Lipinski definition) is 1. The van der Waals surface area contributed by atoms with Crippen LogP contribution in [0.15, 0.2) is 18.2 Å². The van der Waals surface area contributed by atoms with Gasteiger partial charge in [0, 0.05) is 16.4 Å². The van der Waals surface area contributed by atoms with Crippen molar-refractivity contribution in [1.29, 1.82) is 0 Å². The summed E-state index contributed by atoms with van der Waals surface area (Å²) < 4.78 is 26.5. The van der Waals surface area contributed by atoms with Crippen LogP contribution in [-0.4, -0.2) is 10.1 Å².